The van der Waals surface area contributed by atoms with Crippen LogP contribution in [0.2, 0.25) is 0 Å². The fourth-order valence-corrected chi connectivity index (χ4v) is 3.20. The molecule has 8 heteroatoms. The number of aryl methyl sites for hydroxylation is 2. The van der Waals surface area contributed by atoms with E-state index in [1.54, 1.807) is 10.7 Å². The zero-order valence-electron chi connectivity index (χ0n) is 14.6. The Hall–Kier alpha value is -2.74. The summed E-state index contributed by atoms with van der Waals surface area (Å²) in [6.07, 6.45) is 0. The summed E-state index contributed by atoms with van der Waals surface area (Å²) in [5.41, 5.74) is 3.25. The van der Waals surface area contributed by atoms with Crippen molar-refractivity contribution in [3.8, 4) is 11.4 Å². The third-order valence-corrected chi connectivity index (χ3v) is 4.76. The maximum absolute atomic E-state index is 13.8. The van der Waals surface area contributed by atoms with Crippen molar-refractivity contribution in [2.24, 2.45) is 0 Å². The molecule has 0 unspecified atom stereocenters. The van der Waals surface area contributed by atoms with Gasteiger partial charge in [0.15, 0.2) is 17.3 Å². The van der Waals surface area contributed by atoms with Crippen molar-refractivity contribution in [2.45, 2.75) is 19.0 Å². The van der Waals surface area contributed by atoms with Crippen molar-refractivity contribution in [3.63, 3.8) is 0 Å². The van der Waals surface area contributed by atoms with Crippen molar-refractivity contribution in [1.82, 2.24) is 20.2 Å². The summed E-state index contributed by atoms with van der Waals surface area (Å²) in [6, 6.07) is 10.1. The number of carbonyl (C=O) groups is 1. The number of Topliss-reactive ketones (excluding diaryl/α,β-unsaturated/α-hetero) is 1. The van der Waals surface area contributed by atoms with E-state index >= 15 is 0 Å². The van der Waals surface area contributed by atoms with Crippen molar-refractivity contribution in [2.75, 3.05) is 12.9 Å². The lowest BCUT2D eigenvalue weighted by Gasteiger charge is -2.08. The Morgan fingerprint density at radius 3 is 2.77 bits per heavy atom. The average molecular weight is 372 g/mol. The molecule has 1 aromatic heterocycles. The summed E-state index contributed by atoms with van der Waals surface area (Å²) < 4.78 is 20.2. The van der Waals surface area contributed by atoms with Gasteiger partial charge in [-0.15, -0.1) is 5.10 Å². The van der Waals surface area contributed by atoms with Crippen LogP contribution in [0.1, 0.15) is 21.5 Å². The van der Waals surface area contributed by atoms with Crippen LogP contribution in [0.3, 0.4) is 0 Å². The Bertz CT molecular complexity index is 958. The molecule has 134 valence electrons. The molecule has 0 fully saturated rings. The topological polar surface area (TPSA) is 69.9 Å². The number of tetrazole rings is 1. The number of nitrogens with zero attached hydrogens (tertiary/aromatic N) is 4. The molecule has 26 heavy (non-hydrogen) atoms. The number of hydrogen-bond donors (Lipinski definition) is 0. The van der Waals surface area contributed by atoms with Crippen LogP contribution < -0.4 is 4.74 Å². The lowest BCUT2D eigenvalue weighted by molar-refractivity contribution is 0.102. The zero-order chi connectivity index (χ0) is 18.7. The van der Waals surface area contributed by atoms with Gasteiger partial charge in [-0.3, -0.25) is 4.79 Å². The van der Waals surface area contributed by atoms with Gasteiger partial charge in [-0.05, 0) is 59.7 Å². The van der Waals surface area contributed by atoms with Gasteiger partial charge in [0.1, 0.15) is 0 Å². The van der Waals surface area contributed by atoms with E-state index in [0.29, 0.717) is 5.16 Å². The minimum Gasteiger partial charge on any atom is -0.494 e. The monoisotopic (exact) mass is 372 g/mol. The molecule has 0 bridgehead atoms. The van der Waals surface area contributed by atoms with Gasteiger partial charge in [-0.2, -0.15) is 4.68 Å². The van der Waals surface area contributed by atoms with Gasteiger partial charge in [0.25, 0.3) is 0 Å². The molecule has 0 aliphatic rings. The minimum atomic E-state index is -0.566. The van der Waals surface area contributed by atoms with Gasteiger partial charge in [0, 0.05) is 5.56 Å². The van der Waals surface area contributed by atoms with Crippen molar-refractivity contribution >= 4 is 17.5 Å². The molecule has 0 saturated carbocycles. The third-order valence-electron chi connectivity index (χ3n) is 3.84. The first-order chi connectivity index (χ1) is 12.5. The molecular formula is C18H17FN4O2S. The van der Waals surface area contributed by atoms with Gasteiger partial charge in [-0.1, -0.05) is 23.9 Å². The first kappa shape index (κ1) is 18.1. The van der Waals surface area contributed by atoms with E-state index < -0.39 is 5.82 Å². The molecule has 3 aromatic rings. The standard InChI is InChI=1S/C18H17FN4O2S/c1-11-4-5-12(2)15(8-11)23-18(20-21-22-23)26-10-16(24)13-6-7-17(25-3)14(19)9-13/h4-9H,10H2,1-3H3. The molecule has 0 saturated heterocycles. The van der Waals surface area contributed by atoms with Gasteiger partial charge >= 0.3 is 0 Å². The van der Waals surface area contributed by atoms with Gasteiger partial charge in [0.05, 0.1) is 18.6 Å². The zero-order valence-corrected chi connectivity index (χ0v) is 15.4. The number of methoxy groups -OCH3 is 1. The Balaban J connectivity index is 1.77. The molecule has 0 aliphatic heterocycles. The van der Waals surface area contributed by atoms with Gasteiger partial charge in [0.2, 0.25) is 5.16 Å². The summed E-state index contributed by atoms with van der Waals surface area (Å²) in [6.45, 7) is 3.96. The van der Waals surface area contributed by atoms with Crippen LogP contribution in [0.15, 0.2) is 41.6 Å². The summed E-state index contributed by atoms with van der Waals surface area (Å²) in [4.78, 5) is 12.4. The predicted molar refractivity (Wildman–Crippen MR) is 96.6 cm³/mol. The first-order valence-electron chi connectivity index (χ1n) is 7.85. The summed E-state index contributed by atoms with van der Waals surface area (Å²) in [5, 5.41) is 12.2. The molecule has 6 nitrogen and oxygen atoms in total. The van der Waals surface area contributed by atoms with Crippen LogP contribution in [0.4, 0.5) is 4.39 Å². The lowest BCUT2D eigenvalue weighted by atomic mass is 10.1. The van der Waals surface area contributed by atoms with Gasteiger partial charge < -0.3 is 4.74 Å². The number of halogens is 1. The summed E-state index contributed by atoms with van der Waals surface area (Å²) in [5.74, 6) is -0.583. The fraction of sp³-hybridized carbons (Fsp3) is 0.222. The maximum Gasteiger partial charge on any atom is 0.214 e. The van der Waals surface area contributed by atoms with E-state index in [2.05, 4.69) is 15.5 Å². The predicted octanol–water partition coefficient (Wildman–Crippen LogP) is 3.40. The Labute approximate surface area is 154 Å². The van der Waals surface area contributed by atoms with Crippen LogP contribution in [-0.4, -0.2) is 38.9 Å². The Morgan fingerprint density at radius 2 is 2.04 bits per heavy atom. The molecule has 0 atom stereocenters. The molecule has 0 N–H and O–H groups in total. The second-order valence-corrected chi connectivity index (χ2v) is 6.67. The molecule has 3 rings (SSSR count). The van der Waals surface area contributed by atoms with Crippen molar-refractivity contribution < 1.29 is 13.9 Å². The summed E-state index contributed by atoms with van der Waals surface area (Å²) >= 11 is 1.21. The lowest BCUT2D eigenvalue weighted by Crippen LogP contribution is -2.06. The van der Waals surface area contributed by atoms with Gasteiger partial charge in [-0.25, -0.2) is 4.39 Å². The first-order valence-corrected chi connectivity index (χ1v) is 8.83. The van der Waals surface area contributed by atoms with E-state index in [-0.39, 0.29) is 22.8 Å². The number of ketones is 1. The highest BCUT2D eigenvalue weighted by molar-refractivity contribution is 7.99. The molecule has 0 amide bonds. The number of thioether (sulfide) groups is 1. The maximum atomic E-state index is 13.8. The molecule has 0 radical (unpaired) electrons. The quantitative estimate of drug-likeness (QED) is 0.488. The third kappa shape index (κ3) is 3.75. The smallest absolute Gasteiger partial charge is 0.214 e. The van der Waals surface area contributed by atoms with Crippen LogP contribution >= 0.6 is 11.8 Å². The van der Waals surface area contributed by atoms with E-state index in [4.69, 9.17) is 4.74 Å². The van der Waals surface area contributed by atoms with E-state index in [9.17, 15) is 9.18 Å². The Morgan fingerprint density at radius 1 is 1.23 bits per heavy atom. The number of carbonyl (C=O) groups excluding carboxylic acids is 1. The minimum absolute atomic E-state index is 0.0943. The number of rotatable bonds is 6. The number of benzene rings is 2. The normalized spacial score (nSPS) is 10.8. The number of hydrogen-bond acceptors (Lipinski definition) is 6. The van der Waals surface area contributed by atoms with Crippen LogP contribution in [-0.2, 0) is 0 Å². The fourth-order valence-electron chi connectivity index (χ4n) is 2.42. The molecule has 0 spiro atoms. The van der Waals surface area contributed by atoms with E-state index in [0.717, 1.165) is 16.8 Å². The van der Waals surface area contributed by atoms with Crippen LogP contribution in [0.5, 0.6) is 5.75 Å². The summed E-state index contributed by atoms with van der Waals surface area (Å²) in [7, 11) is 1.38. The van der Waals surface area contributed by atoms with E-state index in [1.165, 1.54) is 31.0 Å². The number of ether oxygens (including phenoxy) is 1. The highest BCUT2D eigenvalue weighted by atomic mass is 32.2. The van der Waals surface area contributed by atoms with Crippen LogP contribution in [0, 0.1) is 19.7 Å². The van der Waals surface area contributed by atoms with Crippen LogP contribution in [0.25, 0.3) is 5.69 Å². The SMILES string of the molecule is COc1ccc(C(=O)CSc2nnnn2-c2cc(C)ccc2C)cc1F. The molecule has 1 heterocycles. The largest absolute Gasteiger partial charge is 0.494 e. The second kappa shape index (κ2) is 7.65. The molecule has 2 aromatic carbocycles. The van der Waals surface area contributed by atoms with Crippen molar-refractivity contribution in [3.05, 3.63) is 58.9 Å². The molecule has 0 aliphatic carbocycles. The highest BCUT2D eigenvalue weighted by Gasteiger charge is 2.15. The van der Waals surface area contributed by atoms with E-state index in [1.807, 2.05) is 32.0 Å². The highest BCUT2D eigenvalue weighted by Crippen LogP contribution is 2.23. The second-order valence-electron chi connectivity index (χ2n) is 5.72. The number of aromatic nitrogens is 4. The van der Waals surface area contributed by atoms with Crippen molar-refractivity contribution in [1.29, 1.82) is 0 Å². The average Bonchev–Trinajstić information content (AvgIpc) is 3.10. The Kier molecular flexibility index (Phi) is 5.32. The molecular weight excluding hydrogens is 355 g/mol.